The third-order valence-electron chi connectivity index (χ3n) is 5.50. The molecule has 1 fully saturated rings. The van der Waals surface area contributed by atoms with Gasteiger partial charge in [-0.15, -0.1) is 0 Å². The first-order valence-electron chi connectivity index (χ1n) is 9.96. The summed E-state index contributed by atoms with van der Waals surface area (Å²) < 4.78 is 9.62. The van der Waals surface area contributed by atoms with Gasteiger partial charge in [0.1, 0.15) is 5.76 Å². The molecule has 2 N–H and O–H groups in total. The summed E-state index contributed by atoms with van der Waals surface area (Å²) in [5.41, 5.74) is 5.13. The number of aromatic nitrogens is 1. The van der Waals surface area contributed by atoms with Crippen LogP contribution in [-0.4, -0.2) is 41.7 Å². The molecule has 1 amide bonds. The van der Waals surface area contributed by atoms with E-state index in [0.29, 0.717) is 21.2 Å². The topological polar surface area (TPSA) is 74.7 Å². The van der Waals surface area contributed by atoms with Crippen molar-refractivity contribution in [3.8, 4) is 11.1 Å². The summed E-state index contributed by atoms with van der Waals surface area (Å²) in [5, 5.41) is 14.1. The van der Waals surface area contributed by atoms with Gasteiger partial charge in [-0.2, -0.15) is 4.37 Å². The standard InChI is InChI=1S/C23H20ClN3O3S/c1-13-10-20(31-26-13)22(28)21-17-11-16(18(24)12-19(17)25-23(21)29)14-2-4-15(5-3-14)27-6-8-30-9-7-27/h2-5,10-12,28H,6-9H2,1H3,(H,25,29). The monoisotopic (exact) mass is 453 g/mol. The minimum atomic E-state index is -0.352. The molecule has 0 atom stereocenters. The third-order valence-corrected chi connectivity index (χ3v) is 6.70. The van der Waals surface area contributed by atoms with Crippen LogP contribution in [0.15, 0.2) is 42.5 Å². The predicted molar refractivity (Wildman–Crippen MR) is 125 cm³/mol. The summed E-state index contributed by atoms with van der Waals surface area (Å²) in [6.45, 7) is 5.06. The number of morpholine rings is 1. The lowest BCUT2D eigenvalue weighted by molar-refractivity contribution is -0.110. The van der Waals surface area contributed by atoms with Gasteiger partial charge in [-0.05, 0) is 54.4 Å². The number of benzene rings is 2. The number of nitrogens with zero attached hydrogens (tertiary/aromatic N) is 2. The molecule has 0 aliphatic carbocycles. The molecule has 0 unspecified atom stereocenters. The van der Waals surface area contributed by atoms with Gasteiger partial charge in [0, 0.05) is 29.9 Å². The zero-order chi connectivity index (χ0) is 21.5. The van der Waals surface area contributed by atoms with E-state index in [0.717, 1.165) is 60.3 Å². The molecule has 3 heterocycles. The van der Waals surface area contributed by atoms with E-state index in [4.69, 9.17) is 16.3 Å². The van der Waals surface area contributed by atoms with Gasteiger partial charge in [0.15, 0.2) is 0 Å². The maximum Gasteiger partial charge on any atom is 0.260 e. The molecule has 2 aromatic carbocycles. The van der Waals surface area contributed by atoms with Gasteiger partial charge in [-0.25, -0.2) is 0 Å². The number of hydrogen-bond donors (Lipinski definition) is 2. The van der Waals surface area contributed by atoms with Gasteiger partial charge >= 0.3 is 0 Å². The Morgan fingerprint density at radius 1 is 1.16 bits per heavy atom. The van der Waals surface area contributed by atoms with Crippen LogP contribution in [0.2, 0.25) is 5.02 Å². The first kappa shape index (κ1) is 20.1. The van der Waals surface area contributed by atoms with Gasteiger partial charge in [0.25, 0.3) is 5.91 Å². The van der Waals surface area contributed by atoms with E-state index in [1.807, 2.05) is 25.1 Å². The maximum absolute atomic E-state index is 12.6. The molecule has 8 heteroatoms. The first-order chi connectivity index (χ1) is 15.0. The molecule has 31 heavy (non-hydrogen) atoms. The van der Waals surface area contributed by atoms with Crippen molar-refractivity contribution in [3.05, 3.63) is 63.6 Å². The predicted octanol–water partition coefficient (Wildman–Crippen LogP) is 4.99. The fraction of sp³-hybridized carbons (Fsp3) is 0.217. The average Bonchev–Trinajstić information content (AvgIpc) is 3.35. The summed E-state index contributed by atoms with van der Waals surface area (Å²) >= 11 is 7.72. The number of ether oxygens (including phenoxy) is 1. The van der Waals surface area contributed by atoms with Gasteiger partial charge < -0.3 is 20.1 Å². The summed E-state index contributed by atoms with van der Waals surface area (Å²) in [4.78, 5) is 15.5. The maximum atomic E-state index is 12.6. The highest BCUT2D eigenvalue weighted by molar-refractivity contribution is 7.07. The van der Waals surface area contributed by atoms with Gasteiger partial charge in [-0.3, -0.25) is 4.79 Å². The van der Waals surface area contributed by atoms with Crippen LogP contribution < -0.4 is 10.2 Å². The highest BCUT2D eigenvalue weighted by Crippen LogP contribution is 2.42. The SMILES string of the molecule is Cc1cc(C(O)=C2C(=O)Nc3cc(Cl)c(-c4ccc(N5CCOCC5)cc4)cc32)sn1. The molecule has 2 aliphatic rings. The van der Waals surface area contributed by atoms with Crippen molar-refractivity contribution in [1.82, 2.24) is 4.37 Å². The van der Waals surface area contributed by atoms with E-state index in [1.165, 1.54) is 0 Å². The minimum absolute atomic E-state index is 0.0715. The van der Waals surface area contributed by atoms with Crippen LogP contribution in [0.25, 0.3) is 22.5 Å². The number of anilines is 2. The van der Waals surface area contributed by atoms with Crippen molar-refractivity contribution >= 4 is 51.7 Å². The Kier molecular flexibility index (Phi) is 5.17. The molecule has 0 spiro atoms. The lowest BCUT2D eigenvalue weighted by Crippen LogP contribution is -2.36. The van der Waals surface area contributed by atoms with Crippen LogP contribution in [0.1, 0.15) is 16.1 Å². The molecule has 6 nitrogen and oxygen atoms in total. The zero-order valence-electron chi connectivity index (χ0n) is 16.8. The Morgan fingerprint density at radius 3 is 2.58 bits per heavy atom. The Bertz CT molecular complexity index is 1200. The molecular formula is C23H20ClN3O3S. The van der Waals surface area contributed by atoms with Crippen molar-refractivity contribution in [2.45, 2.75) is 6.92 Å². The highest BCUT2D eigenvalue weighted by Gasteiger charge is 2.30. The number of aryl methyl sites for hydroxylation is 1. The van der Waals surface area contributed by atoms with Gasteiger partial charge in [-0.1, -0.05) is 23.7 Å². The minimum Gasteiger partial charge on any atom is -0.506 e. The van der Waals surface area contributed by atoms with Crippen molar-refractivity contribution in [2.75, 3.05) is 36.5 Å². The van der Waals surface area contributed by atoms with E-state index in [9.17, 15) is 9.90 Å². The smallest absolute Gasteiger partial charge is 0.260 e. The number of aliphatic hydroxyl groups excluding tert-OH is 1. The molecule has 2 aliphatic heterocycles. The van der Waals surface area contributed by atoms with Crippen LogP contribution in [0.5, 0.6) is 0 Å². The Labute approximate surface area is 188 Å². The molecule has 3 aromatic rings. The molecule has 0 saturated carbocycles. The van der Waals surface area contributed by atoms with Crippen molar-refractivity contribution in [2.24, 2.45) is 0 Å². The second-order valence-corrected chi connectivity index (χ2v) is 8.75. The average molecular weight is 454 g/mol. The molecule has 1 saturated heterocycles. The Morgan fingerprint density at radius 2 is 1.90 bits per heavy atom. The summed E-state index contributed by atoms with van der Waals surface area (Å²) in [7, 11) is 0. The Hall–Kier alpha value is -2.87. The van der Waals surface area contributed by atoms with E-state index < -0.39 is 0 Å². The second kappa shape index (κ2) is 8.00. The lowest BCUT2D eigenvalue weighted by Gasteiger charge is -2.29. The number of fused-ring (bicyclic) bond motifs is 1. The second-order valence-electron chi connectivity index (χ2n) is 7.53. The van der Waals surface area contributed by atoms with E-state index in [-0.39, 0.29) is 17.2 Å². The number of amides is 1. The van der Waals surface area contributed by atoms with Gasteiger partial charge in [0.05, 0.1) is 40.1 Å². The van der Waals surface area contributed by atoms with Crippen molar-refractivity contribution in [1.29, 1.82) is 0 Å². The molecular weight excluding hydrogens is 434 g/mol. The number of aliphatic hydroxyl groups is 1. The van der Waals surface area contributed by atoms with Crippen LogP contribution >= 0.6 is 23.1 Å². The van der Waals surface area contributed by atoms with Gasteiger partial charge in [0.2, 0.25) is 0 Å². The number of halogens is 1. The third kappa shape index (κ3) is 3.69. The number of carbonyl (C=O) groups excluding carboxylic acids is 1. The summed E-state index contributed by atoms with van der Waals surface area (Å²) in [6.07, 6.45) is 0. The Balaban J connectivity index is 1.54. The van der Waals surface area contributed by atoms with Crippen molar-refractivity contribution < 1.29 is 14.6 Å². The quantitative estimate of drug-likeness (QED) is 0.432. The van der Waals surface area contributed by atoms with Crippen LogP contribution in [0.4, 0.5) is 11.4 Å². The molecule has 5 rings (SSSR count). The number of carbonyl (C=O) groups is 1. The lowest BCUT2D eigenvalue weighted by atomic mass is 9.98. The summed E-state index contributed by atoms with van der Waals surface area (Å²) in [5.74, 6) is -0.424. The van der Waals surface area contributed by atoms with E-state index in [1.54, 1.807) is 12.1 Å². The highest BCUT2D eigenvalue weighted by atomic mass is 35.5. The molecule has 1 aromatic heterocycles. The molecule has 158 valence electrons. The van der Waals surface area contributed by atoms with Crippen molar-refractivity contribution in [3.63, 3.8) is 0 Å². The number of rotatable bonds is 3. The van der Waals surface area contributed by atoms with E-state index in [2.05, 4.69) is 26.7 Å². The molecule has 0 radical (unpaired) electrons. The summed E-state index contributed by atoms with van der Waals surface area (Å²) in [6, 6.07) is 13.6. The normalized spacial score (nSPS) is 17.5. The number of nitrogens with one attached hydrogen (secondary N) is 1. The van der Waals surface area contributed by atoms with Crippen LogP contribution in [0, 0.1) is 6.92 Å². The fourth-order valence-electron chi connectivity index (χ4n) is 3.92. The molecule has 0 bridgehead atoms. The largest absolute Gasteiger partial charge is 0.506 e. The van der Waals surface area contributed by atoms with Crippen LogP contribution in [0.3, 0.4) is 0 Å². The first-order valence-corrected chi connectivity index (χ1v) is 11.1. The van der Waals surface area contributed by atoms with Crippen LogP contribution in [-0.2, 0) is 9.53 Å². The van der Waals surface area contributed by atoms with E-state index >= 15 is 0 Å². The number of hydrogen-bond acceptors (Lipinski definition) is 6. The fourth-order valence-corrected chi connectivity index (χ4v) is 4.90. The zero-order valence-corrected chi connectivity index (χ0v) is 18.4.